The fourth-order valence-corrected chi connectivity index (χ4v) is 5.76. The normalized spacial score (nSPS) is 17.6. The van der Waals surface area contributed by atoms with E-state index >= 15 is 0 Å². The maximum absolute atomic E-state index is 6.49. The highest BCUT2D eigenvalue weighted by molar-refractivity contribution is 5.73. The first-order valence-corrected chi connectivity index (χ1v) is 14.1. The Hall–Kier alpha value is -2.04. The van der Waals surface area contributed by atoms with Crippen molar-refractivity contribution in [2.75, 3.05) is 52.2 Å². The molecule has 4 nitrogen and oxygen atoms in total. The highest BCUT2D eigenvalue weighted by atomic mass is 16.5. The van der Waals surface area contributed by atoms with E-state index < -0.39 is 0 Å². The molecule has 1 aliphatic heterocycles. The van der Waals surface area contributed by atoms with Gasteiger partial charge in [-0.15, -0.1) is 0 Å². The number of likely N-dealkylation sites (tertiary alicyclic amines) is 1. The molecule has 35 heavy (non-hydrogen) atoms. The van der Waals surface area contributed by atoms with Crippen LogP contribution in [-0.2, 0) is 6.54 Å². The van der Waals surface area contributed by atoms with Gasteiger partial charge in [0.15, 0.2) is 0 Å². The van der Waals surface area contributed by atoms with Gasteiger partial charge in [-0.05, 0) is 94.2 Å². The molecule has 1 aliphatic carbocycles. The van der Waals surface area contributed by atoms with Gasteiger partial charge in [-0.3, -0.25) is 0 Å². The zero-order chi connectivity index (χ0) is 24.3. The molecule has 192 valence electrons. The van der Waals surface area contributed by atoms with Gasteiger partial charge in [-0.2, -0.15) is 0 Å². The average Bonchev–Trinajstić information content (AvgIpc) is 2.88. The molecule has 0 spiro atoms. The molecule has 4 rings (SSSR count). The maximum Gasteiger partial charge on any atom is 0.142 e. The molecule has 2 fully saturated rings. The Morgan fingerprint density at radius 3 is 2.51 bits per heavy atom. The van der Waals surface area contributed by atoms with Crippen LogP contribution in [0.2, 0.25) is 0 Å². The molecule has 0 radical (unpaired) electrons. The molecule has 2 aromatic rings. The van der Waals surface area contributed by atoms with E-state index in [1.165, 1.54) is 101 Å². The molecule has 0 amide bonds. The number of ether oxygens (including phenoxy) is 1. The monoisotopic (exact) mass is 477 g/mol. The Morgan fingerprint density at radius 2 is 1.71 bits per heavy atom. The third-order valence-electron chi connectivity index (χ3n) is 7.72. The molecule has 0 aromatic heterocycles. The molecule has 0 bridgehead atoms. The molecular formula is C31H47N3O. The van der Waals surface area contributed by atoms with Crippen LogP contribution in [-0.4, -0.2) is 56.7 Å². The summed E-state index contributed by atoms with van der Waals surface area (Å²) in [7, 11) is 4.26. The minimum Gasteiger partial charge on any atom is -0.491 e. The molecule has 2 aromatic carbocycles. The number of rotatable bonds is 12. The largest absolute Gasteiger partial charge is 0.491 e. The molecule has 0 atom stereocenters. The number of nitrogens with one attached hydrogen (secondary N) is 1. The van der Waals surface area contributed by atoms with E-state index in [4.69, 9.17) is 4.74 Å². The van der Waals surface area contributed by atoms with Gasteiger partial charge >= 0.3 is 0 Å². The first-order chi connectivity index (χ1) is 17.2. The van der Waals surface area contributed by atoms with Crippen molar-refractivity contribution in [3.63, 3.8) is 0 Å². The Labute approximate surface area is 214 Å². The summed E-state index contributed by atoms with van der Waals surface area (Å²) in [5.74, 6) is 1.85. The van der Waals surface area contributed by atoms with Crippen LogP contribution in [0, 0.1) is 5.92 Å². The molecule has 0 unspecified atom stereocenters. The van der Waals surface area contributed by atoms with Crippen molar-refractivity contribution >= 4 is 5.69 Å². The number of piperidine rings is 1. The summed E-state index contributed by atoms with van der Waals surface area (Å²) in [6.45, 7) is 6.49. The van der Waals surface area contributed by atoms with E-state index in [1.807, 2.05) is 0 Å². The van der Waals surface area contributed by atoms with E-state index in [0.717, 1.165) is 37.1 Å². The predicted molar refractivity (Wildman–Crippen MR) is 149 cm³/mol. The predicted octanol–water partition coefficient (Wildman–Crippen LogP) is 7.05. The van der Waals surface area contributed by atoms with Gasteiger partial charge in [0.25, 0.3) is 0 Å². The molecule has 1 saturated carbocycles. The number of benzene rings is 2. The van der Waals surface area contributed by atoms with Gasteiger partial charge in [0.1, 0.15) is 5.75 Å². The molecule has 1 saturated heterocycles. The summed E-state index contributed by atoms with van der Waals surface area (Å²) in [5, 5.41) is 3.71. The Bertz CT molecular complexity index is 885. The van der Waals surface area contributed by atoms with Crippen molar-refractivity contribution in [2.24, 2.45) is 5.92 Å². The standard InChI is InChI=1S/C31H47N3O/c1-33(2)25-28-14-7-8-15-29(28)27-16-17-30(32-19-11-22-34-20-9-4-10-21-34)31(24-27)35-23-18-26-12-5-3-6-13-26/h7-8,14-17,24,26,32H,3-6,9-13,18-23,25H2,1-2H3. The third-order valence-corrected chi connectivity index (χ3v) is 7.72. The zero-order valence-electron chi connectivity index (χ0n) is 22.2. The lowest BCUT2D eigenvalue weighted by Crippen LogP contribution is -2.31. The van der Waals surface area contributed by atoms with E-state index in [-0.39, 0.29) is 0 Å². The van der Waals surface area contributed by atoms with Gasteiger partial charge in [0.05, 0.1) is 12.3 Å². The number of hydrogen-bond acceptors (Lipinski definition) is 4. The molecular weight excluding hydrogens is 430 g/mol. The Balaban J connectivity index is 1.43. The van der Waals surface area contributed by atoms with Crippen molar-refractivity contribution in [2.45, 2.75) is 70.8 Å². The fraction of sp³-hybridized carbons (Fsp3) is 0.613. The Kier molecular flexibility index (Phi) is 10.3. The van der Waals surface area contributed by atoms with Crippen LogP contribution in [0.5, 0.6) is 5.75 Å². The molecule has 1 heterocycles. The molecule has 4 heteroatoms. The van der Waals surface area contributed by atoms with Gasteiger partial charge in [0, 0.05) is 13.1 Å². The van der Waals surface area contributed by atoms with Crippen molar-refractivity contribution in [3.05, 3.63) is 48.0 Å². The summed E-state index contributed by atoms with van der Waals surface area (Å²) >= 11 is 0. The summed E-state index contributed by atoms with van der Waals surface area (Å²) in [4.78, 5) is 4.86. The van der Waals surface area contributed by atoms with Crippen LogP contribution >= 0.6 is 0 Å². The molecule has 2 aliphatic rings. The minimum absolute atomic E-state index is 0.815. The lowest BCUT2D eigenvalue weighted by atomic mass is 9.87. The summed E-state index contributed by atoms with van der Waals surface area (Å²) in [5.41, 5.74) is 5.04. The van der Waals surface area contributed by atoms with E-state index in [9.17, 15) is 0 Å². The van der Waals surface area contributed by atoms with E-state index in [0.29, 0.717) is 0 Å². The fourth-order valence-electron chi connectivity index (χ4n) is 5.76. The second-order valence-corrected chi connectivity index (χ2v) is 10.9. The SMILES string of the molecule is CN(C)Cc1ccccc1-c1ccc(NCCCN2CCCCC2)c(OCCC2CCCCC2)c1. The van der Waals surface area contributed by atoms with Crippen molar-refractivity contribution in [3.8, 4) is 16.9 Å². The van der Waals surface area contributed by atoms with Gasteiger partial charge in [-0.25, -0.2) is 0 Å². The lowest BCUT2D eigenvalue weighted by molar-refractivity contribution is 0.228. The maximum atomic E-state index is 6.49. The van der Waals surface area contributed by atoms with Crippen LogP contribution in [0.1, 0.15) is 69.8 Å². The van der Waals surface area contributed by atoms with Crippen LogP contribution in [0.25, 0.3) is 11.1 Å². The Morgan fingerprint density at radius 1 is 0.943 bits per heavy atom. The highest BCUT2D eigenvalue weighted by Gasteiger charge is 2.15. The lowest BCUT2D eigenvalue weighted by Gasteiger charge is -2.26. The number of hydrogen-bond donors (Lipinski definition) is 1. The smallest absolute Gasteiger partial charge is 0.142 e. The first-order valence-electron chi connectivity index (χ1n) is 14.1. The van der Waals surface area contributed by atoms with Crippen LogP contribution in [0.15, 0.2) is 42.5 Å². The van der Waals surface area contributed by atoms with Crippen molar-refractivity contribution < 1.29 is 4.74 Å². The van der Waals surface area contributed by atoms with Crippen LogP contribution in [0.3, 0.4) is 0 Å². The number of anilines is 1. The van der Waals surface area contributed by atoms with Crippen molar-refractivity contribution in [1.29, 1.82) is 0 Å². The van der Waals surface area contributed by atoms with Gasteiger partial charge in [-0.1, -0.05) is 68.9 Å². The minimum atomic E-state index is 0.815. The summed E-state index contributed by atoms with van der Waals surface area (Å²) in [6, 6.07) is 15.5. The summed E-state index contributed by atoms with van der Waals surface area (Å²) < 4.78 is 6.49. The second-order valence-electron chi connectivity index (χ2n) is 10.9. The van der Waals surface area contributed by atoms with E-state index in [2.05, 4.69) is 71.7 Å². The second kappa shape index (κ2) is 13.9. The van der Waals surface area contributed by atoms with Crippen LogP contribution in [0.4, 0.5) is 5.69 Å². The summed E-state index contributed by atoms with van der Waals surface area (Å²) in [6.07, 6.45) is 13.4. The van der Waals surface area contributed by atoms with Crippen LogP contribution < -0.4 is 10.1 Å². The topological polar surface area (TPSA) is 27.7 Å². The number of nitrogens with zero attached hydrogens (tertiary/aromatic N) is 2. The van der Waals surface area contributed by atoms with Gasteiger partial charge < -0.3 is 19.9 Å². The quantitative estimate of drug-likeness (QED) is 0.331. The average molecular weight is 478 g/mol. The zero-order valence-corrected chi connectivity index (χ0v) is 22.2. The highest BCUT2D eigenvalue weighted by Crippen LogP contribution is 2.34. The van der Waals surface area contributed by atoms with E-state index in [1.54, 1.807) is 0 Å². The first kappa shape index (κ1) is 26.0. The third kappa shape index (κ3) is 8.25. The van der Waals surface area contributed by atoms with Crippen molar-refractivity contribution in [1.82, 2.24) is 9.80 Å². The van der Waals surface area contributed by atoms with Gasteiger partial charge in [0.2, 0.25) is 0 Å². The molecule has 1 N–H and O–H groups in total.